The number of pyridine rings is 1. The Kier molecular flexibility index (Phi) is 4.14. The molecule has 0 unspecified atom stereocenters. The molecular formula is C14H13FN2O3. The topological polar surface area (TPSA) is 71.5 Å². The first-order valence-corrected chi connectivity index (χ1v) is 5.87. The molecule has 0 aliphatic carbocycles. The Balaban J connectivity index is 2.10. The Labute approximate surface area is 115 Å². The second kappa shape index (κ2) is 6.01. The normalized spacial score (nSPS) is 10.1. The van der Waals surface area contributed by atoms with Crippen LogP contribution in [0, 0.1) is 5.82 Å². The third-order valence-electron chi connectivity index (χ3n) is 2.66. The average molecular weight is 276 g/mol. The maximum Gasteiger partial charge on any atom is 0.338 e. The fourth-order valence-electron chi connectivity index (χ4n) is 1.66. The molecule has 0 aliphatic rings. The van der Waals surface area contributed by atoms with Gasteiger partial charge in [-0.1, -0.05) is 6.07 Å². The number of hydrogen-bond acceptors (Lipinski definition) is 4. The van der Waals surface area contributed by atoms with Gasteiger partial charge in [0.05, 0.1) is 24.9 Å². The third-order valence-corrected chi connectivity index (χ3v) is 2.66. The Morgan fingerprint density at radius 2 is 2.20 bits per heavy atom. The minimum Gasteiger partial charge on any atom is -0.481 e. The van der Waals surface area contributed by atoms with Crippen molar-refractivity contribution in [1.29, 1.82) is 0 Å². The van der Waals surface area contributed by atoms with Gasteiger partial charge in [-0.25, -0.2) is 14.2 Å². The molecule has 1 aromatic heterocycles. The van der Waals surface area contributed by atoms with E-state index in [4.69, 9.17) is 9.84 Å². The molecule has 1 aromatic carbocycles. The van der Waals surface area contributed by atoms with E-state index >= 15 is 0 Å². The first-order valence-electron chi connectivity index (χ1n) is 5.87. The van der Waals surface area contributed by atoms with E-state index in [1.165, 1.54) is 19.2 Å². The van der Waals surface area contributed by atoms with Gasteiger partial charge in [-0.15, -0.1) is 0 Å². The lowest BCUT2D eigenvalue weighted by molar-refractivity contribution is 0.0692. The molecule has 0 radical (unpaired) electrons. The monoisotopic (exact) mass is 276 g/mol. The summed E-state index contributed by atoms with van der Waals surface area (Å²) < 4.78 is 18.3. The van der Waals surface area contributed by atoms with Crippen LogP contribution in [0.15, 0.2) is 36.4 Å². The first kappa shape index (κ1) is 13.8. The Morgan fingerprint density at radius 1 is 1.40 bits per heavy atom. The zero-order valence-electron chi connectivity index (χ0n) is 10.8. The summed E-state index contributed by atoms with van der Waals surface area (Å²) in [6.45, 7) is 0.377. The first-order chi connectivity index (χ1) is 9.60. The summed E-state index contributed by atoms with van der Waals surface area (Å²) in [6.07, 6.45) is 0. The van der Waals surface area contributed by atoms with Gasteiger partial charge in [-0.2, -0.15) is 0 Å². The molecule has 2 N–H and O–H groups in total. The number of nitrogens with one attached hydrogen (secondary N) is 1. The van der Waals surface area contributed by atoms with Gasteiger partial charge in [0.2, 0.25) is 5.88 Å². The number of hydrogen-bond donors (Lipinski definition) is 2. The zero-order valence-corrected chi connectivity index (χ0v) is 10.8. The van der Waals surface area contributed by atoms with Crippen molar-refractivity contribution >= 4 is 11.7 Å². The van der Waals surface area contributed by atoms with Crippen LogP contribution in [-0.4, -0.2) is 23.2 Å². The fourth-order valence-corrected chi connectivity index (χ4v) is 1.66. The van der Waals surface area contributed by atoms with E-state index in [-0.39, 0.29) is 5.56 Å². The quantitative estimate of drug-likeness (QED) is 0.878. The summed E-state index contributed by atoms with van der Waals surface area (Å²) in [5.41, 5.74) is 0.868. The van der Waals surface area contributed by atoms with Crippen LogP contribution in [0.3, 0.4) is 0 Å². The van der Waals surface area contributed by atoms with Crippen LogP contribution in [0.25, 0.3) is 0 Å². The Morgan fingerprint density at radius 3 is 2.90 bits per heavy atom. The van der Waals surface area contributed by atoms with Crippen LogP contribution in [0.2, 0.25) is 0 Å². The molecule has 1 heterocycles. The van der Waals surface area contributed by atoms with Crippen LogP contribution in [-0.2, 0) is 6.54 Å². The average Bonchev–Trinajstić information content (AvgIpc) is 2.46. The van der Waals surface area contributed by atoms with Crippen LogP contribution in [0.4, 0.5) is 10.1 Å². The lowest BCUT2D eigenvalue weighted by Gasteiger charge is -2.08. The van der Waals surface area contributed by atoms with Gasteiger partial charge < -0.3 is 15.2 Å². The van der Waals surface area contributed by atoms with E-state index in [0.29, 0.717) is 18.1 Å². The predicted octanol–water partition coefficient (Wildman–Crippen LogP) is 2.54. The molecule has 5 nitrogen and oxygen atoms in total. The molecule has 104 valence electrons. The highest BCUT2D eigenvalue weighted by Gasteiger charge is 2.10. The molecule has 0 aliphatic heterocycles. The van der Waals surface area contributed by atoms with Crippen LogP contribution in [0.5, 0.6) is 5.88 Å². The molecule has 0 atom stereocenters. The second-order valence-electron chi connectivity index (χ2n) is 4.02. The van der Waals surface area contributed by atoms with Gasteiger partial charge in [0, 0.05) is 11.8 Å². The summed E-state index contributed by atoms with van der Waals surface area (Å²) in [6, 6.07) is 9.17. The number of ether oxygens (including phenoxy) is 1. The van der Waals surface area contributed by atoms with Gasteiger partial charge in [0.15, 0.2) is 0 Å². The largest absolute Gasteiger partial charge is 0.481 e. The van der Waals surface area contributed by atoms with Crippen molar-refractivity contribution in [3.05, 3.63) is 53.5 Å². The summed E-state index contributed by atoms with van der Waals surface area (Å²) in [7, 11) is 1.53. The molecule has 2 rings (SSSR count). The van der Waals surface area contributed by atoms with Crippen LogP contribution >= 0.6 is 0 Å². The molecule has 2 aromatic rings. The van der Waals surface area contributed by atoms with Gasteiger partial charge in [-0.3, -0.25) is 0 Å². The van der Waals surface area contributed by atoms with Crippen molar-refractivity contribution in [2.24, 2.45) is 0 Å². The van der Waals surface area contributed by atoms with Gasteiger partial charge in [-0.05, 0) is 24.3 Å². The Hall–Kier alpha value is -2.63. The number of carboxylic acids is 1. The van der Waals surface area contributed by atoms with Crippen molar-refractivity contribution in [3.63, 3.8) is 0 Å². The highest BCUT2D eigenvalue weighted by molar-refractivity contribution is 5.89. The SMILES string of the molecule is COc1cccc(CNc2ccc(F)c(C(=O)O)c2)n1. The van der Waals surface area contributed by atoms with E-state index in [2.05, 4.69) is 10.3 Å². The molecule has 0 saturated heterocycles. The summed E-state index contributed by atoms with van der Waals surface area (Å²) in [5, 5.41) is 11.8. The summed E-state index contributed by atoms with van der Waals surface area (Å²) in [4.78, 5) is 15.0. The number of carbonyl (C=O) groups is 1. The lowest BCUT2D eigenvalue weighted by atomic mass is 10.2. The molecule has 0 bridgehead atoms. The highest BCUT2D eigenvalue weighted by atomic mass is 19.1. The number of anilines is 1. The lowest BCUT2D eigenvalue weighted by Crippen LogP contribution is -2.05. The number of benzene rings is 1. The van der Waals surface area contributed by atoms with Crippen molar-refractivity contribution in [3.8, 4) is 5.88 Å². The van der Waals surface area contributed by atoms with Gasteiger partial charge in [0.25, 0.3) is 0 Å². The van der Waals surface area contributed by atoms with Gasteiger partial charge in [0.1, 0.15) is 5.82 Å². The molecule has 0 spiro atoms. The number of carboxylic acid groups (broad SMARTS) is 1. The highest BCUT2D eigenvalue weighted by Crippen LogP contribution is 2.16. The number of nitrogens with zero attached hydrogens (tertiary/aromatic N) is 1. The summed E-state index contributed by atoms with van der Waals surface area (Å²) >= 11 is 0. The standard InChI is InChI=1S/C14H13FN2O3/c1-20-13-4-2-3-10(17-13)8-16-9-5-6-12(15)11(7-9)14(18)19/h2-7,16H,8H2,1H3,(H,18,19). The number of methoxy groups -OCH3 is 1. The molecule has 20 heavy (non-hydrogen) atoms. The smallest absolute Gasteiger partial charge is 0.338 e. The zero-order chi connectivity index (χ0) is 14.5. The number of rotatable bonds is 5. The minimum atomic E-state index is -1.30. The van der Waals surface area contributed by atoms with Crippen molar-refractivity contribution < 1.29 is 19.0 Å². The molecule has 0 amide bonds. The number of aromatic carboxylic acids is 1. The van der Waals surface area contributed by atoms with E-state index in [1.54, 1.807) is 18.2 Å². The molecule has 6 heteroatoms. The fraction of sp³-hybridized carbons (Fsp3) is 0.143. The van der Waals surface area contributed by atoms with Crippen molar-refractivity contribution in [1.82, 2.24) is 4.98 Å². The van der Waals surface area contributed by atoms with Crippen molar-refractivity contribution in [2.45, 2.75) is 6.54 Å². The number of aromatic nitrogens is 1. The van der Waals surface area contributed by atoms with E-state index < -0.39 is 11.8 Å². The van der Waals surface area contributed by atoms with Crippen LogP contribution in [0.1, 0.15) is 16.1 Å². The minimum absolute atomic E-state index is 0.367. The maximum absolute atomic E-state index is 13.2. The molecule has 0 fully saturated rings. The third kappa shape index (κ3) is 3.23. The Bertz CT molecular complexity index is 632. The summed E-state index contributed by atoms with van der Waals surface area (Å²) in [5.74, 6) is -1.57. The second-order valence-corrected chi connectivity index (χ2v) is 4.02. The van der Waals surface area contributed by atoms with E-state index in [9.17, 15) is 9.18 Å². The van der Waals surface area contributed by atoms with Crippen molar-refractivity contribution in [2.75, 3.05) is 12.4 Å². The maximum atomic E-state index is 13.2. The van der Waals surface area contributed by atoms with E-state index in [1.807, 2.05) is 0 Å². The predicted molar refractivity (Wildman–Crippen MR) is 71.5 cm³/mol. The van der Waals surface area contributed by atoms with Crippen LogP contribution < -0.4 is 10.1 Å². The molecular weight excluding hydrogens is 263 g/mol. The van der Waals surface area contributed by atoms with Gasteiger partial charge >= 0.3 is 5.97 Å². The van der Waals surface area contributed by atoms with E-state index in [0.717, 1.165) is 11.8 Å². The number of halogens is 1. The molecule has 0 saturated carbocycles.